The highest BCUT2D eigenvalue weighted by atomic mass is 19.4. The van der Waals surface area contributed by atoms with Gasteiger partial charge in [0, 0.05) is 5.56 Å². The average Bonchev–Trinajstić information content (AvgIpc) is 3.17. The van der Waals surface area contributed by atoms with Crippen LogP contribution in [0.1, 0.15) is 23.6 Å². The van der Waals surface area contributed by atoms with Crippen molar-refractivity contribution < 1.29 is 41.5 Å². The maximum absolute atomic E-state index is 13.3. The van der Waals surface area contributed by atoms with Gasteiger partial charge in [-0.25, -0.2) is 9.48 Å². The Bertz CT molecular complexity index is 1460. The zero-order valence-corrected chi connectivity index (χ0v) is 21.0. The smallest absolute Gasteiger partial charge is 0.409 e. The van der Waals surface area contributed by atoms with E-state index in [9.17, 15) is 46.2 Å². The molecule has 0 spiro atoms. The molecule has 40 heavy (non-hydrogen) atoms. The number of carbonyl (C=O) groups is 1. The van der Waals surface area contributed by atoms with Gasteiger partial charge in [0.2, 0.25) is 5.91 Å². The zero-order valence-electron chi connectivity index (χ0n) is 21.0. The fourth-order valence-corrected chi connectivity index (χ4v) is 3.75. The number of alkyl halides is 6. The first-order valence-corrected chi connectivity index (χ1v) is 11.4. The van der Waals surface area contributed by atoms with Crippen molar-refractivity contribution in [2.45, 2.75) is 50.9 Å². The number of rotatable bonds is 8. The molecule has 216 valence electrons. The number of hydrogen-bond donors (Lipinski definition) is 4. The Kier molecular flexibility index (Phi) is 8.33. The minimum atomic E-state index is -5.06. The predicted octanol–water partition coefficient (Wildman–Crippen LogP) is 2.74. The van der Waals surface area contributed by atoms with Gasteiger partial charge in [0.1, 0.15) is 12.1 Å². The van der Waals surface area contributed by atoms with Crippen molar-refractivity contribution in [3.8, 4) is 11.4 Å². The van der Waals surface area contributed by atoms with E-state index >= 15 is 0 Å². The van der Waals surface area contributed by atoms with E-state index in [1.54, 1.807) is 19.1 Å². The summed E-state index contributed by atoms with van der Waals surface area (Å²) >= 11 is 0. The Morgan fingerprint density at radius 3 is 2.25 bits per heavy atom. The summed E-state index contributed by atoms with van der Waals surface area (Å²) in [6, 6.07) is 9.82. The monoisotopic (exact) mass is 574 g/mol. The molecule has 2 aromatic carbocycles. The highest BCUT2D eigenvalue weighted by Gasteiger charge is 2.40. The third-order valence-corrected chi connectivity index (χ3v) is 6.04. The van der Waals surface area contributed by atoms with Gasteiger partial charge in [-0.15, -0.1) is 5.10 Å². The van der Waals surface area contributed by atoms with E-state index in [4.69, 9.17) is 5.73 Å². The molecule has 3 rings (SSSR count). The van der Waals surface area contributed by atoms with Crippen molar-refractivity contribution in [2.24, 2.45) is 10.9 Å². The first-order valence-electron chi connectivity index (χ1n) is 11.4. The number of aryl methyl sites for hydroxylation is 1. The Morgan fingerprint density at radius 1 is 1.10 bits per heavy atom. The summed E-state index contributed by atoms with van der Waals surface area (Å²) in [5, 5.41) is 27.9. The number of nitrogens with two attached hydrogens (primary N) is 1. The van der Waals surface area contributed by atoms with Gasteiger partial charge in [-0.2, -0.15) is 26.3 Å². The van der Waals surface area contributed by atoms with Crippen molar-refractivity contribution in [3.05, 3.63) is 75.7 Å². The molecular weight excluding hydrogens is 550 g/mol. The fraction of sp³-hybridized carbons (Fsp3) is 0.333. The fourth-order valence-electron chi connectivity index (χ4n) is 3.75. The Hall–Kier alpha value is -4.34. The summed E-state index contributed by atoms with van der Waals surface area (Å²) in [6.45, 7) is 0.754. The zero-order chi connectivity index (χ0) is 30.0. The van der Waals surface area contributed by atoms with Crippen LogP contribution in [0, 0.1) is 6.92 Å². The molecule has 16 heteroatoms. The normalized spacial score (nSPS) is 15.0. The largest absolute Gasteiger partial charge is 0.416 e. The number of aliphatic hydroxyl groups excluding tert-OH is 1. The minimum absolute atomic E-state index is 0.210. The average molecular weight is 574 g/mol. The van der Waals surface area contributed by atoms with Crippen molar-refractivity contribution >= 4 is 11.7 Å². The number of oxime groups is 1. The van der Waals surface area contributed by atoms with Gasteiger partial charge in [-0.1, -0.05) is 47.1 Å². The molecule has 1 heterocycles. The summed E-state index contributed by atoms with van der Waals surface area (Å²) in [4.78, 5) is 26.0. The lowest BCUT2D eigenvalue weighted by atomic mass is 9.89. The molecule has 0 saturated heterocycles. The topological polar surface area (TPSA) is 148 Å². The van der Waals surface area contributed by atoms with E-state index in [1.165, 1.54) is 18.2 Å². The lowest BCUT2D eigenvalue weighted by Crippen LogP contribution is -2.54. The van der Waals surface area contributed by atoms with E-state index < -0.39 is 60.1 Å². The van der Waals surface area contributed by atoms with E-state index in [0.717, 1.165) is 24.6 Å². The SMILES string of the molecule is Cc1ccc(-c2nn(CC(=O)N[C@@](C)(/C(N)=N/O)c3cccc(C(F)(F)F)c3)c(=O)n2C[C@H](O)C(F)(F)F)cc1. The van der Waals surface area contributed by atoms with Gasteiger partial charge >= 0.3 is 18.0 Å². The Morgan fingerprint density at radius 2 is 1.70 bits per heavy atom. The van der Waals surface area contributed by atoms with E-state index in [1.807, 2.05) is 0 Å². The second kappa shape index (κ2) is 11.0. The van der Waals surface area contributed by atoms with Gasteiger partial charge in [-0.05, 0) is 31.5 Å². The number of amidine groups is 1. The van der Waals surface area contributed by atoms with Crippen molar-refractivity contribution in [2.75, 3.05) is 0 Å². The molecule has 1 amide bonds. The summed E-state index contributed by atoms with van der Waals surface area (Å²) in [7, 11) is 0. The molecule has 0 unspecified atom stereocenters. The summed E-state index contributed by atoms with van der Waals surface area (Å²) in [6.07, 6.45) is -12.7. The van der Waals surface area contributed by atoms with Crippen molar-refractivity contribution in [3.63, 3.8) is 0 Å². The number of benzene rings is 2. The molecule has 0 fully saturated rings. The molecule has 2 atom stereocenters. The number of aliphatic hydroxyl groups is 1. The standard InChI is InChI=1S/C24H24F6N6O4/c1-13-6-8-14(9-7-13)19-33-36(21(39)35(19)11-17(37)24(28,29)30)12-18(38)32-22(2,20(31)34-40)15-4-3-5-16(10-15)23(25,26)27/h3-10,17,37,40H,11-12H2,1-2H3,(H2,31,34)(H,32,38)/t17-,22+/m0/s1. The summed E-state index contributed by atoms with van der Waals surface area (Å²) in [5.41, 5.74) is 2.21. The third-order valence-electron chi connectivity index (χ3n) is 6.04. The van der Waals surface area contributed by atoms with Gasteiger partial charge in [0.25, 0.3) is 0 Å². The molecule has 0 aliphatic rings. The lowest BCUT2D eigenvalue weighted by Gasteiger charge is -2.30. The molecule has 3 aromatic rings. The van der Waals surface area contributed by atoms with Gasteiger partial charge in [-0.3, -0.25) is 9.36 Å². The number of nitrogens with zero attached hydrogens (tertiary/aromatic N) is 4. The summed E-state index contributed by atoms with van der Waals surface area (Å²) in [5.74, 6) is -2.05. The van der Waals surface area contributed by atoms with Crippen LogP contribution in [0.4, 0.5) is 26.3 Å². The molecule has 0 radical (unpaired) electrons. The number of hydrogen-bond acceptors (Lipinski definition) is 6. The van der Waals surface area contributed by atoms with E-state index in [-0.39, 0.29) is 17.0 Å². The maximum atomic E-state index is 13.3. The van der Waals surface area contributed by atoms with Crippen molar-refractivity contribution in [1.82, 2.24) is 19.7 Å². The Labute approximate surface area is 222 Å². The van der Waals surface area contributed by atoms with Crippen LogP contribution in [-0.2, 0) is 29.6 Å². The van der Waals surface area contributed by atoms with Crippen LogP contribution in [0.25, 0.3) is 11.4 Å². The number of carbonyl (C=O) groups excluding carboxylic acids is 1. The summed E-state index contributed by atoms with van der Waals surface area (Å²) < 4.78 is 80.0. The number of aromatic nitrogens is 3. The highest BCUT2D eigenvalue weighted by molar-refractivity contribution is 5.94. The number of amides is 1. The van der Waals surface area contributed by atoms with Crippen LogP contribution in [0.5, 0.6) is 0 Å². The second-order valence-corrected chi connectivity index (χ2v) is 9.03. The lowest BCUT2D eigenvalue weighted by molar-refractivity contribution is -0.207. The van der Waals surface area contributed by atoms with Crippen LogP contribution in [0.3, 0.4) is 0 Å². The third kappa shape index (κ3) is 6.44. The van der Waals surface area contributed by atoms with E-state index in [0.29, 0.717) is 15.3 Å². The van der Waals surface area contributed by atoms with Crippen LogP contribution in [-0.4, -0.2) is 48.7 Å². The molecule has 0 saturated carbocycles. The highest BCUT2D eigenvalue weighted by Crippen LogP contribution is 2.32. The molecule has 1 aromatic heterocycles. The van der Waals surface area contributed by atoms with Gasteiger partial charge in [0.15, 0.2) is 17.8 Å². The second-order valence-electron chi connectivity index (χ2n) is 9.03. The molecule has 5 N–H and O–H groups in total. The number of nitrogens with one attached hydrogen (secondary N) is 1. The number of halogens is 6. The predicted molar refractivity (Wildman–Crippen MR) is 129 cm³/mol. The first-order chi connectivity index (χ1) is 18.5. The molecule has 0 aliphatic carbocycles. The molecule has 10 nitrogen and oxygen atoms in total. The van der Waals surface area contributed by atoms with Crippen LogP contribution in [0.15, 0.2) is 58.5 Å². The van der Waals surface area contributed by atoms with Crippen LogP contribution >= 0.6 is 0 Å². The maximum Gasteiger partial charge on any atom is 0.416 e. The quantitative estimate of drug-likeness (QED) is 0.107. The van der Waals surface area contributed by atoms with Gasteiger partial charge < -0.3 is 21.4 Å². The van der Waals surface area contributed by atoms with Crippen LogP contribution in [0.2, 0.25) is 0 Å². The van der Waals surface area contributed by atoms with E-state index in [2.05, 4.69) is 15.6 Å². The van der Waals surface area contributed by atoms with Crippen molar-refractivity contribution in [1.29, 1.82) is 0 Å². The van der Waals surface area contributed by atoms with Crippen LogP contribution < -0.4 is 16.7 Å². The molecular formula is C24H24F6N6O4. The first kappa shape index (κ1) is 30.2. The Balaban J connectivity index is 2.01. The molecule has 0 aliphatic heterocycles. The van der Waals surface area contributed by atoms with Gasteiger partial charge in [0.05, 0.1) is 12.1 Å². The molecule has 0 bridgehead atoms. The minimum Gasteiger partial charge on any atom is -0.409 e.